The first-order valence-corrected chi connectivity index (χ1v) is 6.44. The molecule has 2 heterocycles. The van der Waals surface area contributed by atoms with Crippen LogP contribution in [-0.2, 0) is 0 Å². The Morgan fingerprint density at radius 1 is 1.25 bits per heavy atom. The van der Waals surface area contributed by atoms with Gasteiger partial charge in [0.05, 0.1) is 29.7 Å². The number of benzene rings is 1. The van der Waals surface area contributed by atoms with Crippen LogP contribution in [0, 0.1) is 0 Å². The molecule has 3 rings (SSSR count). The maximum Gasteiger partial charge on any atom is 0.337 e. The molecule has 20 heavy (non-hydrogen) atoms. The predicted molar refractivity (Wildman–Crippen MR) is 74.8 cm³/mol. The molecule has 0 unspecified atom stereocenters. The lowest BCUT2D eigenvalue weighted by molar-refractivity contribution is 0.0697. The summed E-state index contributed by atoms with van der Waals surface area (Å²) in [6.07, 6.45) is 3.90. The van der Waals surface area contributed by atoms with Crippen LogP contribution in [-0.4, -0.2) is 29.2 Å². The Bertz CT molecular complexity index is 643. The van der Waals surface area contributed by atoms with Crippen molar-refractivity contribution in [2.45, 2.75) is 6.42 Å². The van der Waals surface area contributed by atoms with E-state index in [0.717, 1.165) is 17.9 Å². The molecule has 5 nitrogen and oxygen atoms in total. The molecule has 0 bridgehead atoms. The van der Waals surface area contributed by atoms with Crippen LogP contribution in [0.2, 0.25) is 0 Å². The number of para-hydroxylation sites is 2. The zero-order valence-corrected chi connectivity index (χ0v) is 10.8. The molecule has 1 aliphatic heterocycles. The summed E-state index contributed by atoms with van der Waals surface area (Å²) in [7, 11) is 0. The lowest BCUT2D eigenvalue weighted by Crippen LogP contribution is -2.20. The Labute approximate surface area is 116 Å². The zero-order chi connectivity index (χ0) is 13.9. The Hall–Kier alpha value is -2.56. The second-order valence-corrected chi connectivity index (χ2v) is 4.52. The molecule has 5 heteroatoms. The molecule has 0 saturated heterocycles. The lowest BCUT2D eigenvalue weighted by atomic mass is 10.1. The standard InChI is InChI=1S/C15H14N2O3/c18-15(19)11-6-7-16-10-13(11)17-8-3-9-20-14-5-2-1-4-12(14)17/h1-2,4-7,10H,3,8-9H2,(H,18,19). The number of nitrogens with zero attached hydrogens (tertiary/aromatic N) is 2. The van der Waals surface area contributed by atoms with Crippen LogP contribution in [0.1, 0.15) is 16.8 Å². The molecule has 0 radical (unpaired) electrons. The number of hydrogen-bond acceptors (Lipinski definition) is 4. The van der Waals surface area contributed by atoms with Gasteiger partial charge in [0.2, 0.25) is 0 Å². The van der Waals surface area contributed by atoms with E-state index in [4.69, 9.17) is 4.74 Å². The molecule has 2 aromatic rings. The van der Waals surface area contributed by atoms with Crippen molar-refractivity contribution in [2.75, 3.05) is 18.1 Å². The summed E-state index contributed by atoms with van der Waals surface area (Å²) in [5.41, 5.74) is 1.72. The summed E-state index contributed by atoms with van der Waals surface area (Å²) in [5.74, 6) is -0.185. The molecule has 1 aliphatic rings. The van der Waals surface area contributed by atoms with E-state index in [2.05, 4.69) is 4.98 Å². The molecule has 102 valence electrons. The molecule has 0 aliphatic carbocycles. The van der Waals surface area contributed by atoms with Crippen LogP contribution < -0.4 is 9.64 Å². The van der Waals surface area contributed by atoms with Crippen molar-refractivity contribution in [3.63, 3.8) is 0 Å². The topological polar surface area (TPSA) is 62.7 Å². The molecule has 0 fully saturated rings. The van der Waals surface area contributed by atoms with Crippen molar-refractivity contribution in [2.24, 2.45) is 0 Å². The second-order valence-electron chi connectivity index (χ2n) is 4.52. The fraction of sp³-hybridized carbons (Fsp3) is 0.200. The summed E-state index contributed by atoms with van der Waals surface area (Å²) < 4.78 is 5.69. The molecule has 0 amide bonds. The normalized spacial score (nSPS) is 14.1. The monoisotopic (exact) mass is 270 g/mol. The van der Waals surface area contributed by atoms with E-state index >= 15 is 0 Å². The highest BCUT2D eigenvalue weighted by molar-refractivity contribution is 5.95. The Kier molecular flexibility index (Phi) is 3.25. The summed E-state index contributed by atoms with van der Waals surface area (Å²) in [5, 5.41) is 9.33. The van der Waals surface area contributed by atoms with E-state index < -0.39 is 5.97 Å². The van der Waals surface area contributed by atoms with E-state index in [1.165, 1.54) is 12.3 Å². The van der Waals surface area contributed by atoms with Crippen molar-refractivity contribution < 1.29 is 14.6 Å². The van der Waals surface area contributed by atoms with E-state index in [1.807, 2.05) is 29.2 Å². The number of hydrogen-bond donors (Lipinski definition) is 1. The molecule has 0 atom stereocenters. The van der Waals surface area contributed by atoms with Gasteiger partial charge in [-0.15, -0.1) is 0 Å². The van der Waals surface area contributed by atoms with Gasteiger partial charge in [-0.25, -0.2) is 4.79 Å². The van der Waals surface area contributed by atoms with Crippen LogP contribution in [0.25, 0.3) is 0 Å². The maximum absolute atomic E-state index is 11.4. The Morgan fingerprint density at radius 3 is 2.95 bits per heavy atom. The molecule has 1 aromatic heterocycles. The Morgan fingerprint density at radius 2 is 2.10 bits per heavy atom. The number of anilines is 2. The zero-order valence-electron chi connectivity index (χ0n) is 10.8. The maximum atomic E-state index is 11.4. The molecule has 1 aromatic carbocycles. The van der Waals surface area contributed by atoms with Crippen molar-refractivity contribution >= 4 is 17.3 Å². The number of carboxylic acids is 1. The highest BCUT2D eigenvalue weighted by Crippen LogP contribution is 2.36. The highest BCUT2D eigenvalue weighted by Gasteiger charge is 2.22. The SMILES string of the molecule is O=C(O)c1ccncc1N1CCCOc2ccccc21. The molecule has 0 saturated carbocycles. The average molecular weight is 270 g/mol. The Balaban J connectivity index is 2.13. The molecule has 1 N–H and O–H groups in total. The van der Waals surface area contributed by atoms with Gasteiger partial charge in [-0.05, 0) is 24.6 Å². The van der Waals surface area contributed by atoms with Gasteiger partial charge in [0, 0.05) is 12.7 Å². The number of ether oxygens (including phenoxy) is 1. The number of aromatic nitrogens is 1. The minimum atomic E-state index is -0.954. The van der Waals surface area contributed by atoms with Gasteiger partial charge in [0.15, 0.2) is 0 Å². The van der Waals surface area contributed by atoms with Crippen LogP contribution in [0.3, 0.4) is 0 Å². The lowest BCUT2D eigenvalue weighted by Gasteiger charge is -2.24. The van der Waals surface area contributed by atoms with Crippen LogP contribution >= 0.6 is 0 Å². The quantitative estimate of drug-likeness (QED) is 0.909. The van der Waals surface area contributed by atoms with Gasteiger partial charge in [-0.1, -0.05) is 12.1 Å². The first-order valence-electron chi connectivity index (χ1n) is 6.44. The summed E-state index contributed by atoms with van der Waals surface area (Å²) in [6, 6.07) is 9.16. The summed E-state index contributed by atoms with van der Waals surface area (Å²) >= 11 is 0. The van der Waals surface area contributed by atoms with Gasteiger partial charge < -0.3 is 14.7 Å². The van der Waals surface area contributed by atoms with Crippen molar-refractivity contribution in [3.8, 4) is 5.75 Å². The predicted octanol–water partition coefficient (Wildman–Crippen LogP) is 2.70. The smallest absolute Gasteiger partial charge is 0.337 e. The van der Waals surface area contributed by atoms with E-state index in [0.29, 0.717) is 18.8 Å². The van der Waals surface area contributed by atoms with Gasteiger partial charge >= 0.3 is 5.97 Å². The van der Waals surface area contributed by atoms with Crippen molar-refractivity contribution in [3.05, 3.63) is 48.3 Å². The third-order valence-electron chi connectivity index (χ3n) is 3.26. The number of fused-ring (bicyclic) bond motifs is 1. The van der Waals surface area contributed by atoms with E-state index in [1.54, 1.807) is 6.20 Å². The number of pyridine rings is 1. The molecular formula is C15H14N2O3. The molecule has 0 spiro atoms. The highest BCUT2D eigenvalue weighted by atomic mass is 16.5. The first kappa shape index (κ1) is 12.5. The average Bonchev–Trinajstić information content (AvgIpc) is 2.69. The van der Waals surface area contributed by atoms with Gasteiger partial charge in [-0.2, -0.15) is 0 Å². The fourth-order valence-electron chi connectivity index (χ4n) is 2.36. The summed E-state index contributed by atoms with van der Waals surface area (Å²) in [4.78, 5) is 17.4. The van der Waals surface area contributed by atoms with Crippen molar-refractivity contribution in [1.29, 1.82) is 0 Å². The van der Waals surface area contributed by atoms with Crippen LogP contribution in [0.15, 0.2) is 42.7 Å². The number of rotatable bonds is 2. The largest absolute Gasteiger partial charge is 0.491 e. The second kappa shape index (κ2) is 5.21. The van der Waals surface area contributed by atoms with E-state index in [-0.39, 0.29) is 5.56 Å². The summed E-state index contributed by atoms with van der Waals surface area (Å²) in [6.45, 7) is 1.32. The van der Waals surface area contributed by atoms with Gasteiger partial charge in [0.25, 0.3) is 0 Å². The third-order valence-corrected chi connectivity index (χ3v) is 3.26. The first-order chi connectivity index (χ1) is 9.77. The van der Waals surface area contributed by atoms with Gasteiger partial charge in [-0.3, -0.25) is 4.98 Å². The van der Waals surface area contributed by atoms with Crippen LogP contribution in [0.5, 0.6) is 5.75 Å². The minimum Gasteiger partial charge on any atom is -0.491 e. The number of carboxylic acid groups (broad SMARTS) is 1. The third kappa shape index (κ3) is 2.18. The van der Waals surface area contributed by atoms with E-state index in [9.17, 15) is 9.90 Å². The molecular weight excluding hydrogens is 256 g/mol. The fourth-order valence-corrected chi connectivity index (χ4v) is 2.36. The van der Waals surface area contributed by atoms with Crippen molar-refractivity contribution in [1.82, 2.24) is 4.98 Å². The van der Waals surface area contributed by atoms with Gasteiger partial charge in [0.1, 0.15) is 5.75 Å². The number of carbonyl (C=O) groups is 1. The van der Waals surface area contributed by atoms with Crippen LogP contribution in [0.4, 0.5) is 11.4 Å². The number of aromatic carboxylic acids is 1. The minimum absolute atomic E-state index is 0.247.